The molecule has 0 bridgehead atoms. The largest absolute Gasteiger partial charge is 0.394 e. The van der Waals surface area contributed by atoms with Crippen LogP contribution in [0.5, 0.6) is 0 Å². The van der Waals surface area contributed by atoms with Gasteiger partial charge in [-0.3, -0.25) is 0 Å². The fourth-order valence-electron chi connectivity index (χ4n) is 13.2. The molecule has 0 radical (unpaired) electrons. The molecule has 13 heteroatoms. The van der Waals surface area contributed by atoms with E-state index in [1.54, 1.807) is 0 Å². The van der Waals surface area contributed by atoms with E-state index in [1.165, 1.54) is 0 Å². The third kappa shape index (κ3) is 7.10. The highest BCUT2D eigenvalue weighted by Gasteiger charge is 2.72. The van der Waals surface area contributed by atoms with Gasteiger partial charge in [-0.15, -0.1) is 0 Å². The van der Waals surface area contributed by atoms with Crippen LogP contribution in [-0.4, -0.2) is 138 Å². The van der Waals surface area contributed by atoms with Gasteiger partial charge in [0.05, 0.1) is 31.0 Å². The number of fused-ring (bicyclic) bond motifs is 5. The number of aliphatic hydroxyl groups is 9. The van der Waals surface area contributed by atoms with Gasteiger partial charge in [0, 0.05) is 5.41 Å². The molecular formula is C42H72O13. The Morgan fingerprint density at radius 1 is 0.727 bits per heavy atom. The van der Waals surface area contributed by atoms with E-state index in [9.17, 15) is 46.0 Å². The maximum absolute atomic E-state index is 12.3. The fourth-order valence-corrected chi connectivity index (χ4v) is 13.2. The minimum Gasteiger partial charge on any atom is -0.394 e. The van der Waals surface area contributed by atoms with Crippen molar-refractivity contribution in [1.29, 1.82) is 0 Å². The van der Waals surface area contributed by atoms with Crippen molar-refractivity contribution in [1.82, 2.24) is 0 Å². The lowest BCUT2D eigenvalue weighted by Gasteiger charge is -2.71. The number of allylic oxidation sites excluding steroid dienone is 2. The Kier molecular flexibility index (Phi) is 12.5. The SMILES string of the molecule is CC(C)=CCCC(C)(OC1OC(COC2OC(CO)C(O)C(O)C2O)C(O)C(O)C1O)C1CCC2(C)C1CCC1C3(C)CCC(O)C(C)(C)C3CC(O)C12C. The van der Waals surface area contributed by atoms with Gasteiger partial charge in [-0.05, 0) is 118 Å². The first-order valence-electron chi connectivity index (χ1n) is 20.9. The summed E-state index contributed by atoms with van der Waals surface area (Å²) in [6.45, 7) is 16.5. The average molecular weight is 785 g/mol. The molecule has 2 saturated heterocycles. The molecule has 13 nitrogen and oxygen atoms in total. The molecule has 6 fully saturated rings. The van der Waals surface area contributed by atoms with Crippen molar-refractivity contribution < 1.29 is 64.9 Å². The zero-order chi connectivity index (χ0) is 40.6. The lowest BCUT2D eigenvalue weighted by molar-refractivity contribution is -0.349. The molecule has 2 aliphatic heterocycles. The number of aliphatic hydroxyl groups excluding tert-OH is 9. The highest BCUT2D eigenvalue weighted by Crippen LogP contribution is 2.76. The maximum Gasteiger partial charge on any atom is 0.187 e. The van der Waals surface area contributed by atoms with E-state index in [0.29, 0.717) is 19.3 Å². The van der Waals surface area contributed by atoms with Crippen molar-refractivity contribution in [2.45, 2.75) is 192 Å². The number of rotatable bonds is 10. The monoisotopic (exact) mass is 784 g/mol. The normalized spacial score (nSPS) is 52.0. The van der Waals surface area contributed by atoms with E-state index < -0.39 is 86.3 Å². The van der Waals surface area contributed by atoms with Crippen LogP contribution in [0.15, 0.2) is 11.6 Å². The van der Waals surface area contributed by atoms with E-state index >= 15 is 0 Å². The average Bonchev–Trinajstić information content (AvgIpc) is 3.49. The summed E-state index contributed by atoms with van der Waals surface area (Å²) in [5.74, 6) is 0.690. The molecule has 2 heterocycles. The Bertz CT molecular complexity index is 1370. The van der Waals surface area contributed by atoms with Crippen LogP contribution in [0.3, 0.4) is 0 Å². The smallest absolute Gasteiger partial charge is 0.187 e. The Balaban J connectivity index is 1.25. The summed E-state index contributed by atoms with van der Waals surface area (Å²) in [7, 11) is 0. The van der Waals surface area contributed by atoms with Gasteiger partial charge in [-0.2, -0.15) is 0 Å². The Morgan fingerprint density at radius 2 is 1.35 bits per heavy atom. The van der Waals surface area contributed by atoms with Crippen molar-refractivity contribution >= 4 is 0 Å². The van der Waals surface area contributed by atoms with E-state index in [0.717, 1.165) is 44.1 Å². The van der Waals surface area contributed by atoms with Crippen molar-refractivity contribution in [3.63, 3.8) is 0 Å². The van der Waals surface area contributed by atoms with Crippen LogP contribution in [0.25, 0.3) is 0 Å². The second-order valence-electron chi connectivity index (χ2n) is 20.1. The van der Waals surface area contributed by atoms with Crippen LogP contribution in [0, 0.1) is 45.3 Å². The lowest BCUT2D eigenvalue weighted by Crippen LogP contribution is -2.68. The summed E-state index contributed by atoms with van der Waals surface area (Å²) >= 11 is 0. The highest BCUT2D eigenvalue weighted by molar-refractivity contribution is 5.21. The quantitative estimate of drug-likeness (QED) is 0.145. The second-order valence-corrected chi connectivity index (χ2v) is 20.1. The van der Waals surface area contributed by atoms with E-state index in [1.807, 2.05) is 13.8 Å². The van der Waals surface area contributed by atoms with Crippen LogP contribution in [0.1, 0.15) is 113 Å². The number of hydrogen-bond acceptors (Lipinski definition) is 13. The first-order valence-corrected chi connectivity index (χ1v) is 20.9. The van der Waals surface area contributed by atoms with E-state index in [2.05, 4.69) is 47.6 Å². The van der Waals surface area contributed by atoms with Gasteiger partial charge in [0.2, 0.25) is 0 Å². The maximum atomic E-state index is 12.3. The van der Waals surface area contributed by atoms with Crippen molar-refractivity contribution in [3.8, 4) is 0 Å². The first-order chi connectivity index (χ1) is 25.6. The van der Waals surface area contributed by atoms with Gasteiger partial charge in [0.25, 0.3) is 0 Å². The molecule has 6 rings (SSSR count). The predicted octanol–water partition coefficient (Wildman–Crippen LogP) is 2.15. The topological polar surface area (TPSA) is 219 Å². The molecule has 55 heavy (non-hydrogen) atoms. The molecule has 0 aromatic rings. The van der Waals surface area contributed by atoms with Crippen LogP contribution in [0.4, 0.5) is 0 Å². The van der Waals surface area contributed by atoms with Gasteiger partial charge in [0.15, 0.2) is 12.6 Å². The zero-order valence-corrected chi connectivity index (χ0v) is 34.3. The lowest BCUT2D eigenvalue weighted by atomic mass is 9.34. The van der Waals surface area contributed by atoms with E-state index in [4.69, 9.17) is 18.9 Å². The zero-order valence-electron chi connectivity index (χ0n) is 34.3. The second kappa shape index (κ2) is 15.7. The number of hydrogen-bond donors (Lipinski definition) is 9. The van der Waals surface area contributed by atoms with Gasteiger partial charge < -0.3 is 64.9 Å². The van der Waals surface area contributed by atoms with Crippen molar-refractivity contribution in [2.75, 3.05) is 13.2 Å². The Labute approximate surface area is 327 Å². The molecule has 318 valence electrons. The summed E-state index contributed by atoms with van der Waals surface area (Å²) in [6.07, 6.45) is -6.45. The van der Waals surface area contributed by atoms with Gasteiger partial charge in [-0.25, -0.2) is 0 Å². The van der Waals surface area contributed by atoms with Crippen molar-refractivity contribution in [3.05, 3.63) is 11.6 Å². The molecule has 6 aliphatic rings. The predicted molar refractivity (Wildman–Crippen MR) is 201 cm³/mol. The molecule has 0 aromatic heterocycles. The molecule has 0 aromatic carbocycles. The molecule has 4 saturated carbocycles. The molecule has 0 spiro atoms. The first kappa shape index (κ1) is 43.8. The van der Waals surface area contributed by atoms with Gasteiger partial charge in [-0.1, -0.05) is 46.3 Å². The fraction of sp³-hybridized carbons (Fsp3) is 0.952. The van der Waals surface area contributed by atoms with Gasteiger partial charge in [0.1, 0.15) is 48.8 Å². The van der Waals surface area contributed by atoms with Crippen LogP contribution in [-0.2, 0) is 18.9 Å². The Morgan fingerprint density at radius 3 is 1.98 bits per heavy atom. The Hall–Kier alpha value is -0.780. The minimum atomic E-state index is -1.67. The standard InChI is InChI=1S/C42H72O13/c1-21(2)10-9-15-41(7,55-37-35(51)33(49)31(47)25(54-37)20-52-36-34(50)32(48)30(46)24(19-43)53-36)23-13-17-40(6)22(23)11-12-26-39(5)16-14-28(44)38(3,4)27(39)18-29(45)42(26,40)8/h10,22-37,43-51H,9,11-20H2,1-8H3. The summed E-state index contributed by atoms with van der Waals surface area (Å²) in [5.41, 5.74) is -0.591. The third-order valence-corrected chi connectivity index (χ3v) is 16.8. The highest BCUT2D eigenvalue weighted by atomic mass is 16.7. The summed E-state index contributed by atoms with van der Waals surface area (Å²) in [5, 5.41) is 97.3. The van der Waals surface area contributed by atoms with Crippen molar-refractivity contribution in [2.24, 2.45) is 45.3 Å². The minimum absolute atomic E-state index is 0.0181. The molecule has 0 amide bonds. The van der Waals surface area contributed by atoms with Crippen LogP contribution < -0.4 is 0 Å². The third-order valence-electron chi connectivity index (χ3n) is 16.8. The molecule has 4 aliphatic carbocycles. The van der Waals surface area contributed by atoms with E-state index in [-0.39, 0.29) is 51.4 Å². The summed E-state index contributed by atoms with van der Waals surface area (Å²) in [6, 6.07) is 0. The number of ether oxygens (including phenoxy) is 4. The molecule has 20 atom stereocenters. The van der Waals surface area contributed by atoms with Crippen LogP contribution >= 0.6 is 0 Å². The van der Waals surface area contributed by atoms with Gasteiger partial charge >= 0.3 is 0 Å². The summed E-state index contributed by atoms with van der Waals surface area (Å²) in [4.78, 5) is 0. The van der Waals surface area contributed by atoms with Crippen LogP contribution in [0.2, 0.25) is 0 Å². The molecule has 20 unspecified atom stereocenters. The summed E-state index contributed by atoms with van der Waals surface area (Å²) < 4.78 is 24.3. The molecular weight excluding hydrogens is 712 g/mol. The molecule has 9 N–H and O–H groups in total.